The number of allylic oxidation sites excluding steroid dienone is 1. The minimum Gasteiger partial charge on any atom is -0.325 e. The van der Waals surface area contributed by atoms with Gasteiger partial charge in [0.25, 0.3) is 0 Å². The maximum Gasteiger partial charge on any atom is 0.110 e. The van der Waals surface area contributed by atoms with Crippen LogP contribution in [0.4, 0.5) is 4.39 Å². The Morgan fingerprint density at radius 3 is 2.92 bits per heavy atom. The summed E-state index contributed by atoms with van der Waals surface area (Å²) in [5.74, 6) is -0.249. The van der Waals surface area contributed by atoms with Crippen LogP contribution in [0.1, 0.15) is 11.1 Å². The molecule has 0 amide bonds. The first-order valence-electron chi connectivity index (χ1n) is 4.32. The van der Waals surface area contributed by atoms with E-state index in [9.17, 15) is 4.39 Å². The Balaban J connectivity index is 2.64. The van der Waals surface area contributed by atoms with Crippen LogP contribution in [-0.2, 0) is 6.42 Å². The number of rotatable bonds is 3. The molecule has 0 radical (unpaired) electrons. The standard InChI is InChI=1S/C11H14FN/c1-9-3-2-4-10(7-9)5-6-11(12)8-13/h2-4,6-7H,5,8,13H2,1H3/b11-6-. The SMILES string of the molecule is Cc1cccc(C/C=C(\F)CN)c1. The van der Waals surface area contributed by atoms with Crippen molar-refractivity contribution in [2.45, 2.75) is 13.3 Å². The van der Waals surface area contributed by atoms with Crippen molar-refractivity contribution in [1.29, 1.82) is 0 Å². The Labute approximate surface area is 78.1 Å². The molecule has 2 heteroatoms. The van der Waals surface area contributed by atoms with E-state index in [1.165, 1.54) is 11.6 Å². The van der Waals surface area contributed by atoms with Gasteiger partial charge in [0.1, 0.15) is 5.83 Å². The first-order chi connectivity index (χ1) is 6.22. The number of hydrogen-bond donors (Lipinski definition) is 1. The Morgan fingerprint density at radius 1 is 1.54 bits per heavy atom. The van der Waals surface area contributed by atoms with Crippen LogP contribution >= 0.6 is 0 Å². The molecule has 0 fully saturated rings. The molecule has 1 aromatic rings. The smallest absolute Gasteiger partial charge is 0.110 e. The van der Waals surface area contributed by atoms with Crippen molar-refractivity contribution in [3.63, 3.8) is 0 Å². The number of aryl methyl sites for hydroxylation is 1. The molecule has 0 bridgehead atoms. The average Bonchev–Trinajstić information content (AvgIpc) is 2.14. The van der Waals surface area contributed by atoms with E-state index >= 15 is 0 Å². The fourth-order valence-corrected chi connectivity index (χ4v) is 1.15. The minimum atomic E-state index is -0.249. The maximum atomic E-state index is 12.7. The lowest BCUT2D eigenvalue weighted by Crippen LogP contribution is -1.99. The molecule has 0 saturated heterocycles. The van der Waals surface area contributed by atoms with E-state index in [-0.39, 0.29) is 12.4 Å². The summed E-state index contributed by atoms with van der Waals surface area (Å²) in [4.78, 5) is 0. The molecule has 1 rings (SSSR count). The Morgan fingerprint density at radius 2 is 2.31 bits per heavy atom. The lowest BCUT2D eigenvalue weighted by Gasteiger charge is -1.98. The Kier molecular flexibility index (Phi) is 3.65. The topological polar surface area (TPSA) is 26.0 Å². The van der Waals surface area contributed by atoms with Crippen LogP contribution in [0, 0.1) is 6.92 Å². The molecular weight excluding hydrogens is 165 g/mol. The van der Waals surface area contributed by atoms with Gasteiger partial charge in [0.05, 0.1) is 0 Å². The molecule has 0 aromatic heterocycles. The van der Waals surface area contributed by atoms with E-state index < -0.39 is 0 Å². The zero-order valence-corrected chi connectivity index (χ0v) is 7.76. The summed E-state index contributed by atoms with van der Waals surface area (Å²) < 4.78 is 12.7. The number of benzene rings is 1. The van der Waals surface area contributed by atoms with E-state index in [0.29, 0.717) is 6.42 Å². The van der Waals surface area contributed by atoms with E-state index in [1.54, 1.807) is 0 Å². The summed E-state index contributed by atoms with van der Waals surface area (Å²) in [7, 11) is 0. The monoisotopic (exact) mass is 179 g/mol. The lowest BCUT2D eigenvalue weighted by atomic mass is 10.1. The molecule has 2 N–H and O–H groups in total. The normalized spacial score (nSPS) is 11.8. The van der Waals surface area contributed by atoms with Crippen LogP contribution in [-0.4, -0.2) is 6.54 Å². The molecule has 0 spiro atoms. The van der Waals surface area contributed by atoms with Gasteiger partial charge in [-0.2, -0.15) is 0 Å². The Hall–Kier alpha value is -1.15. The van der Waals surface area contributed by atoms with Crippen LogP contribution in [0.25, 0.3) is 0 Å². The zero-order chi connectivity index (χ0) is 9.68. The second-order valence-corrected chi connectivity index (χ2v) is 3.05. The van der Waals surface area contributed by atoms with E-state index in [1.807, 2.05) is 31.2 Å². The van der Waals surface area contributed by atoms with E-state index in [4.69, 9.17) is 5.73 Å². The molecule has 0 unspecified atom stereocenters. The molecule has 0 aliphatic rings. The van der Waals surface area contributed by atoms with Gasteiger partial charge in [0.2, 0.25) is 0 Å². The molecule has 0 aliphatic heterocycles. The van der Waals surface area contributed by atoms with Gasteiger partial charge in [0, 0.05) is 6.54 Å². The third kappa shape index (κ3) is 3.38. The fourth-order valence-electron chi connectivity index (χ4n) is 1.15. The highest BCUT2D eigenvalue weighted by molar-refractivity contribution is 5.24. The van der Waals surface area contributed by atoms with Gasteiger partial charge < -0.3 is 5.73 Å². The first-order valence-corrected chi connectivity index (χ1v) is 4.32. The van der Waals surface area contributed by atoms with Crippen LogP contribution < -0.4 is 5.73 Å². The summed E-state index contributed by atoms with van der Waals surface area (Å²) in [5, 5.41) is 0. The molecule has 70 valence electrons. The van der Waals surface area contributed by atoms with Gasteiger partial charge in [-0.3, -0.25) is 0 Å². The van der Waals surface area contributed by atoms with Gasteiger partial charge in [-0.05, 0) is 25.0 Å². The van der Waals surface area contributed by atoms with Crippen molar-refractivity contribution in [2.24, 2.45) is 5.73 Å². The quantitative estimate of drug-likeness (QED) is 0.757. The van der Waals surface area contributed by atoms with Gasteiger partial charge in [-0.15, -0.1) is 0 Å². The van der Waals surface area contributed by atoms with Gasteiger partial charge in [-0.25, -0.2) is 4.39 Å². The second kappa shape index (κ2) is 4.77. The zero-order valence-electron chi connectivity index (χ0n) is 7.76. The summed E-state index contributed by atoms with van der Waals surface area (Å²) in [6.45, 7) is 2.01. The largest absolute Gasteiger partial charge is 0.325 e. The van der Waals surface area contributed by atoms with Crippen LogP contribution in [0.3, 0.4) is 0 Å². The first kappa shape index (κ1) is 9.93. The van der Waals surface area contributed by atoms with Crippen molar-refractivity contribution in [3.8, 4) is 0 Å². The number of hydrogen-bond acceptors (Lipinski definition) is 1. The average molecular weight is 179 g/mol. The van der Waals surface area contributed by atoms with Crippen LogP contribution in [0.15, 0.2) is 36.2 Å². The molecule has 1 aromatic carbocycles. The molecular formula is C11H14FN. The summed E-state index contributed by atoms with van der Waals surface area (Å²) >= 11 is 0. The van der Waals surface area contributed by atoms with Crippen molar-refractivity contribution >= 4 is 0 Å². The van der Waals surface area contributed by atoms with E-state index in [0.717, 1.165) is 5.56 Å². The van der Waals surface area contributed by atoms with Crippen LogP contribution in [0.2, 0.25) is 0 Å². The van der Waals surface area contributed by atoms with Crippen molar-refractivity contribution < 1.29 is 4.39 Å². The number of nitrogens with two attached hydrogens (primary N) is 1. The number of halogens is 1. The highest BCUT2D eigenvalue weighted by Gasteiger charge is 1.92. The maximum absolute atomic E-state index is 12.7. The molecule has 13 heavy (non-hydrogen) atoms. The fraction of sp³-hybridized carbons (Fsp3) is 0.273. The Bertz CT molecular complexity index is 305. The highest BCUT2D eigenvalue weighted by atomic mass is 19.1. The second-order valence-electron chi connectivity index (χ2n) is 3.05. The third-order valence-electron chi connectivity index (χ3n) is 1.84. The molecule has 0 heterocycles. The summed E-state index contributed by atoms with van der Waals surface area (Å²) in [5.41, 5.74) is 7.43. The highest BCUT2D eigenvalue weighted by Crippen LogP contribution is 2.06. The molecule has 0 atom stereocenters. The minimum absolute atomic E-state index is 0.00812. The van der Waals surface area contributed by atoms with Crippen molar-refractivity contribution in [1.82, 2.24) is 0 Å². The molecule has 0 aliphatic carbocycles. The summed E-state index contributed by atoms with van der Waals surface area (Å²) in [6, 6.07) is 8.01. The van der Waals surface area contributed by atoms with Crippen LogP contribution in [0.5, 0.6) is 0 Å². The van der Waals surface area contributed by atoms with Gasteiger partial charge in [0.15, 0.2) is 0 Å². The third-order valence-corrected chi connectivity index (χ3v) is 1.84. The summed E-state index contributed by atoms with van der Waals surface area (Å²) in [6.07, 6.45) is 2.14. The lowest BCUT2D eigenvalue weighted by molar-refractivity contribution is 0.614. The van der Waals surface area contributed by atoms with Crippen molar-refractivity contribution in [3.05, 3.63) is 47.3 Å². The molecule has 1 nitrogen and oxygen atoms in total. The van der Waals surface area contributed by atoms with Gasteiger partial charge in [-0.1, -0.05) is 29.8 Å². The molecule has 0 saturated carbocycles. The van der Waals surface area contributed by atoms with E-state index in [2.05, 4.69) is 0 Å². The van der Waals surface area contributed by atoms with Crippen molar-refractivity contribution in [2.75, 3.05) is 6.54 Å². The predicted molar refractivity (Wildman–Crippen MR) is 53.1 cm³/mol. The predicted octanol–water partition coefficient (Wildman–Crippen LogP) is 2.35. The van der Waals surface area contributed by atoms with Gasteiger partial charge >= 0.3 is 0 Å².